The molecular weight excluding hydrogens is 384 g/mol. The largest absolute Gasteiger partial charge is 0.383 e. The highest BCUT2D eigenvalue weighted by atomic mass is 32.2. The summed E-state index contributed by atoms with van der Waals surface area (Å²) in [5.74, 6) is 0.651. The molecule has 138 valence electrons. The monoisotopic (exact) mass is 400 g/mol. The van der Waals surface area contributed by atoms with Gasteiger partial charge in [0.25, 0.3) is 0 Å². The van der Waals surface area contributed by atoms with Crippen LogP contribution in [-0.2, 0) is 16.1 Å². The average molecular weight is 400 g/mol. The molecule has 0 radical (unpaired) electrons. The van der Waals surface area contributed by atoms with Crippen molar-refractivity contribution in [3.63, 3.8) is 0 Å². The van der Waals surface area contributed by atoms with Crippen LogP contribution in [0.4, 0.5) is 5.00 Å². The topological polar surface area (TPSA) is 106 Å². The standard InChI is InChI=1S/C17H16N6O2S2/c1-25-8-7-23-15(12-2-5-19-6-3-12)21-22-17(23)27-11-14(24)20-16-13(10-18)4-9-26-16/h2-6,9H,7-8,11H2,1H3,(H,20,24). The predicted molar refractivity (Wildman–Crippen MR) is 104 cm³/mol. The number of thioether (sulfide) groups is 1. The van der Waals surface area contributed by atoms with E-state index < -0.39 is 0 Å². The minimum atomic E-state index is -0.203. The number of ether oxygens (including phenoxy) is 1. The smallest absolute Gasteiger partial charge is 0.235 e. The molecule has 0 spiro atoms. The quantitative estimate of drug-likeness (QED) is 0.579. The lowest BCUT2D eigenvalue weighted by Gasteiger charge is -2.09. The predicted octanol–water partition coefficient (Wildman–Crippen LogP) is 2.65. The van der Waals surface area contributed by atoms with E-state index in [1.165, 1.54) is 23.1 Å². The van der Waals surface area contributed by atoms with Crippen molar-refractivity contribution in [3.05, 3.63) is 41.5 Å². The summed E-state index contributed by atoms with van der Waals surface area (Å²) in [7, 11) is 1.63. The van der Waals surface area contributed by atoms with Crippen molar-refractivity contribution in [3.8, 4) is 17.5 Å². The minimum absolute atomic E-state index is 0.157. The first-order valence-electron chi connectivity index (χ1n) is 7.95. The normalized spacial score (nSPS) is 10.5. The van der Waals surface area contributed by atoms with E-state index in [2.05, 4.69) is 26.6 Å². The van der Waals surface area contributed by atoms with Gasteiger partial charge in [-0.25, -0.2) is 0 Å². The molecule has 0 fully saturated rings. The lowest BCUT2D eigenvalue weighted by Crippen LogP contribution is -2.15. The highest BCUT2D eigenvalue weighted by Crippen LogP contribution is 2.25. The molecule has 0 aliphatic rings. The second-order valence-corrected chi connectivity index (χ2v) is 7.16. The fourth-order valence-corrected chi connectivity index (χ4v) is 3.80. The van der Waals surface area contributed by atoms with Gasteiger partial charge in [-0.1, -0.05) is 11.8 Å². The van der Waals surface area contributed by atoms with E-state index in [0.29, 0.717) is 34.7 Å². The van der Waals surface area contributed by atoms with Crippen LogP contribution in [-0.4, -0.2) is 45.1 Å². The molecule has 27 heavy (non-hydrogen) atoms. The number of hydrogen-bond donors (Lipinski definition) is 1. The van der Waals surface area contributed by atoms with Crippen LogP contribution in [0.1, 0.15) is 5.56 Å². The number of rotatable bonds is 8. The number of nitriles is 1. The molecule has 3 rings (SSSR count). The first-order chi connectivity index (χ1) is 13.2. The molecule has 0 aromatic carbocycles. The molecule has 0 atom stereocenters. The summed E-state index contributed by atoms with van der Waals surface area (Å²) in [6, 6.07) is 7.44. The van der Waals surface area contributed by atoms with Crippen LogP contribution in [0.3, 0.4) is 0 Å². The number of nitrogens with one attached hydrogen (secondary N) is 1. The van der Waals surface area contributed by atoms with Gasteiger partial charge >= 0.3 is 0 Å². The van der Waals surface area contributed by atoms with Crippen molar-refractivity contribution in [1.29, 1.82) is 5.26 Å². The Morgan fingerprint density at radius 3 is 2.93 bits per heavy atom. The van der Waals surface area contributed by atoms with Gasteiger partial charge in [-0.05, 0) is 23.6 Å². The Balaban J connectivity index is 1.71. The molecule has 0 saturated carbocycles. The molecule has 3 aromatic heterocycles. The maximum absolute atomic E-state index is 12.2. The molecule has 0 aliphatic heterocycles. The number of hydrogen-bond acceptors (Lipinski definition) is 8. The second kappa shape index (κ2) is 9.27. The van der Waals surface area contributed by atoms with Gasteiger partial charge in [0.05, 0.1) is 24.5 Å². The number of carbonyl (C=O) groups is 1. The van der Waals surface area contributed by atoms with Crippen LogP contribution in [0.15, 0.2) is 41.1 Å². The van der Waals surface area contributed by atoms with Crippen LogP contribution in [0.5, 0.6) is 0 Å². The zero-order valence-corrected chi connectivity index (χ0v) is 16.1. The van der Waals surface area contributed by atoms with E-state index in [1.807, 2.05) is 16.7 Å². The zero-order chi connectivity index (χ0) is 19.1. The van der Waals surface area contributed by atoms with E-state index in [0.717, 1.165) is 5.56 Å². The van der Waals surface area contributed by atoms with Crippen molar-refractivity contribution in [2.45, 2.75) is 11.7 Å². The first kappa shape index (κ1) is 19.0. The number of amides is 1. The summed E-state index contributed by atoms with van der Waals surface area (Å²) >= 11 is 2.60. The Kier molecular flexibility index (Phi) is 6.54. The van der Waals surface area contributed by atoms with Gasteiger partial charge in [0.2, 0.25) is 5.91 Å². The van der Waals surface area contributed by atoms with Gasteiger partial charge in [0.15, 0.2) is 11.0 Å². The van der Waals surface area contributed by atoms with Crippen molar-refractivity contribution >= 4 is 34.0 Å². The average Bonchev–Trinajstić information content (AvgIpc) is 3.31. The number of pyridine rings is 1. The van der Waals surface area contributed by atoms with E-state index >= 15 is 0 Å². The summed E-state index contributed by atoms with van der Waals surface area (Å²) in [6.45, 7) is 1.06. The fourth-order valence-electron chi connectivity index (χ4n) is 2.28. The van der Waals surface area contributed by atoms with Crippen LogP contribution in [0.2, 0.25) is 0 Å². The van der Waals surface area contributed by atoms with Gasteiger partial charge in [0, 0.05) is 25.1 Å². The van der Waals surface area contributed by atoms with Crippen molar-refractivity contribution in [2.75, 3.05) is 24.8 Å². The Bertz CT molecular complexity index is 948. The Labute approximate surface area is 164 Å². The van der Waals surface area contributed by atoms with Crippen LogP contribution < -0.4 is 5.32 Å². The van der Waals surface area contributed by atoms with Crippen molar-refractivity contribution in [2.24, 2.45) is 0 Å². The molecule has 8 nitrogen and oxygen atoms in total. The molecule has 0 saturated heterocycles. The molecular formula is C17H16N6O2S2. The number of aromatic nitrogens is 4. The molecule has 3 heterocycles. The zero-order valence-electron chi connectivity index (χ0n) is 14.5. The summed E-state index contributed by atoms with van der Waals surface area (Å²) in [5, 5.41) is 23.2. The second-order valence-electron chi connectivity index (χ2n) is 5.30. The van der Waals surface area contributed by atoms with Gasteiger partial charge in [-0.15, -0.1) is 21.5 Å². The van der Waals surface area contributed by atoms with Crippen LogP contribution in [0, 0.1) is 11.3 Å². The summed E-state index contributed by atoms with van der Waals surface area (Å²) in [4.78, 5) is 16.2. The SMILES string of the molecule is COCCn1c(SCC(=O)Nc2sccc2C#N)nnc1-c1ccncc1. The Morgan fingerprint density at radius 2 is 2.19 bits per heavy atom. The third-order valence-corrected chi connectivity index (χ3v) is 5.34. The van der Waals surface area contributed by atoms with Crippen LogP contribution in [0.25, 0.3) is 11.4 Å². The molecule has 0 bridgehead atoms. The number of methoxy groups -OCH3 is 1. The van der Waals surface area contributed by atoms with Gasteiger partial charge in [-0.3, -0.25) is 14.3 Å². The number of carbonyl (C=O) groups excluding carboxylic acids is 1. The van der Waals surface area contributed by atoms with Crippen molar-refractivity contribution in [1.82, 2.24) is 19.7 Å². The number of anilines is 1. The number of thiophene rings is 1. The highest BCUT2D eigenvalue weighted by molar-refractivity contribution is 7.99. The van der Waals surface area contributed by atoms with E-state index in [4.69, 9.17) is 10.00 Å². The maximum atomic E-state index is 12.2. The van der Waals surface area contributed by atoms with Gasteiger partial charge in [0.1, 0.15) is 11.1 Å². The van der Waals surface area contributed by atoms with Gasteiger partial charge in [-0.2, -0.15) is 5.26 Å². The summed E-state index contributed by atoms with van der Waals surface area (Å²) in [5.41, 5.74) is 1.35. The summed E-state index contributed by atoms with van der Waals surface area (Å²) in [6.07, 6.45) is 3.39. The lowest BCUT2D eigenvalue weighted by atomic mass is 10.2. The van der Waals surface area contributed by atoms with Crippen LogP contribution >= 0.6 is 23.1 Å². The number of nitrogens with zero attached hydrogens (tertiary/aromatic N) is 5. The summed E-state index contributed by atoms with van der Waals surface area (Å²) < 4.78 is 7.10. The third kappa shape index (κ3) is 4.71. The lowest BCUT2D eigenvalue weighted by molar-refractivity contribution is -0.113. The van der Waals surface area contributed by atoms with Crippen molar-refractivity contribution < 1.29 is 9.53 Å². The molecule has 1 N–H and O–H groups in total. The van der Waals surface area contributed by atoms with E-state index in [9.17, 15) is 4.79 Å². The molecule has 3 aromatic rings. The molecule has 10 heteroatoms. The third-order valence-electron chi connectivity index (χ3n) is 3.55. The molecule has 1 amide bonds. The van der Waals surface area contributed by atoms with Gasteiger partial charge < -0.3 is 10.1 Å². The Morgan fingerprint density at radius 1 is 1.37 bits per heavy atom. The highest BCUT2D eigenvalue weighted by Gasteiger charge is 2.16. The minimum Gasteiger partial charge on any atom is -0.383 e. The molecule has 0 unspecified atom stereocenters. The Hall–Kier alpha value is -2.74. The van der Waals surface area contributed by atoms with E-state index in [1.54, 1.807) is 30.9 Å². The maximum Gasteiger partial charge on any atom is 0.235 e. The first-order valence-corrected chi connectivity index (χ1v) is 9.82. The van der Waals surface area contributed by atoms with E-state index in [-0.39, 0.29) is 11.7 Å². The molecule has 0 aliphatic carbocycles. The fraction of sp³-hybridized carbons (Fsp3) is 0.235.